The van der Waals surface area contributed by atoms with Gasteiger partial charge < -0.3 is 14.3 Å². The van der Waals surface area contributed by atoms with E-state index in [0.717, 1.165) is 40.2 Å². The molecule has 5 heterocycles. The minimum atomic E-state index is -0.562. The number of aromatic nitrogens is 7. The molecule has 0 spiro atoms. The molecule has 0 bridgehead atoms. The minimum absolute atomic E-state index is 0.131. The van der Waals surface area contributed by atoms with Gasteiger partial charge in [0.1, 0.15) is 22.6 Å². The number of tetrazole rings is 1. The summed E-state index contributed by atoms with van der Waals surface area (Å²) in [5.74, 6) is 0.342. The van der Waals surface area contributed by atoms with Crippen LogP contribution in [0.15, 0.2) is 59.1 Å². The molecule has 10 nitrogen and oxygen atoms in total. The monoisotopic (exact) mass is 561 g/mol. The molecule has 0 saturated carbocycles. The van der Waals surface area contributed by atoms with E-state index in [1.165, 1.54) is 17.7 Å². The number of carbonyl (C=O) groups excluding carboxylic acids is 1. The third-order valence-electron chi connectivity index (χ3n) is 6.42. The molecule has 198 valence electrons. The Bertz CT molecular complexity index is 1750. The minimum Gasteiger partial charge on any atom is -0.456 e. The maximum Gasteiger partial charge on any atom is 0.348 e. The Labute approximate surface area is 232 Å². The summed E-state index contributed by atoms with van der Waals surface area (Å²) in [6.07, 6.45) is 4.68. The van der Waals surface area contributed by atoms with E-state index in [1.807, 2.05) is 44.4 Å². The van der Waals surface area contributed by atoms with Crippen LogP contribution in [-0.2, 0) is 11.2 Å². The molecule has 4 aromatic heterocycles. The van der Waals surface area contributed by atoms with E-state index < -0.39 is 5.60 Å². The molecule has 12 heteroatoms. The second-order valence-electron chi connectivity index (χ2n) is 10.3. The van der Waals surface area contributed by atoms with Crippen LogP contribution in [0.2, 0.25) is 5.02 Å². The topological polar surface area (TPSA) is 121 Å². The number of rotatable bonds is 5. The fraction of sp³-hybridized carbons (Fsp3) is 0.259. The van der Waals surface area contributed by atoms with E-state index in [9.17, 15) is 9.59 Å². The van der Waals surface area contributed by atoms with Crippen molar-refractivity contribution in [2.45, 2.75) is 45.3 Å². The molecular weight excluding hydrogens is 538 g/mol. The maximum absolute atomic E-state index is 13.4. The number of aryl methyl sites for hydroxylation is 1. The van der Waals surface area contributed by atoms with Crippen molar-refractivity contribution in [2.24, 2.45) is 0 Å². The number of carbonyl (C=O) groups is 1. The predicted octanol–water partition coefficient (Wildman–Crippen LogP) is 5.09. The standard InChI is InChI=1S/C27H24ClN7O3S/c1-27(2,3)38-26(37)23-9-16(13-39-23)20-12-29-25(31-20)22-7-5-18-8-15(10-24(36)35(18)22)19-11-17(28)4-6-21(19)34-14-30-32-33-34/h4,6,8-14,22H,5,7H2,1-3H3,(H,29,31)/t22-/m0/s1. The summed E-state index contributed by atoms with van der Waals surface area (Å²) in [7, 11) is 0. The number of nitrogens with one attached hydrogen (secondary N) is 1. The zero-order valence-corrected chi connectivity index (χ0v) is 23.0. The lowest BCUT2D eigenvalue weighted by Crippen LogP contribution is -2.23. The molecule has 0 unspecified atom stereocenters. The van der Waals surface area contributed by atoms with Crippen molar-refractivity contribution in [3.05, 3.63) is 86.1 Å². The van der Waals surface area contributed by atoms with Gasteiger partial charge in [0.05, 0.1) is 23.6 Å². The summed E-state index contributed by atoms with van der Waals surface area (Å²) >= 11 is 7.63. The normalized spacial score (nSPS) is 14.9. The summed E-state index contributed by atoms with van der Waals surface area (Å²) in [5.41, 5.74) is 4.06. The second kappa shape index (κ2) is 9.58. The number of halogens is 1. The van der Waals surface area contributed by atoms with Gasteiger partial charge in [-0.25, -0.2) is 9.78 Å². The van der Waals surface area contributed by atoms with Gasteiger partial charge in [-0.05, 0) is 79.9 Å². The first-order chi connectivity index (χ1) is 18.7. The first kappa shape index (κ1) is 25.2. The van der Waals surface area contributed by atoms with E-state index in [4.69, 9.17) is 16.3 Å². The van der Waals surface area contributed by atoms with E-state index in [2.05, 4.69) is 25.5 Å². The molecule has 0 aliphatic carbocycles. The summed E-state index contributed by atoms with van der Waals surface area (Å²) in [6, 6.07) is 10.6. The highest BCUT2D eigenvalue weighted by Crippen LogP contribution is 2.35. The van der Waals surface area contributed by atoms with Crippen molar-refractivity contribution in [1.29, 1.82) is 0 Å². The van der Waals surface area contributed by atoms with Crippen LogP contribution in [0.25, 0.3) is 28.1 Å². The molecule has 0 amide bonds. The highest BCUT2D eigenvalue weighted by Gasteiger charge is 2.28. The van der Waals surface area contributed by atoms with Gasteiger partial charge in [-0.3, -0.25) is 4.79 Å². The molecule has 1 aromatic carbocycles. The number of esters is 1. The number of aromatic amines is 1. The summed E-state index contributed by atoms with van der Waals surface area (Å²) in [5, 5.41) is 13.9. The first-order valence-electron chi connectivity index (χ1n) is 12.3. The molecule has 1 atom stereocenters. The van der Waals surface area contributed by atoms with E-state index in [-0.39, 0.29) is 17.6 Å². The molecule has 1 aliphatic rings. The van der Waals surface area contributed by atoms with Gasteiger partial charge in [0.2, 0.25) is 0 Å². The number of thiophene rings is 1. The molecule has 5 aromatic rings. The summed E-state index contributed by atoms with van der Waals surface area (Å²) in [4.78, 5) is 34.4. The van der Waals surface area contributed by atoms with Gasteiger partial charge in [0.25, 0.3) is 5.56 Å². The number of benzene rings is 1. The fourth-order valence-electron chi connectivity index (χ4n) is 4.79. The Kier molecular flexibility index (Phi) is 6.19. The molecule has 1 aliphatic heterocycles. The average molecular weight is 562 g/mol. The predicted molar refractivity (Wildman–Crippen MR) is 147 cm³/mol. The second-order valence-corrected chi connectivity index (χ2v) is 11.6. The zero-order chi connectivity index (χ0) is 27.3. The number of fused-ring (bicyclic) bond motifs is 1. The summed E-state index contributed by atoms with van der Waals surface area (Å²) in [6.45, 7) is 5.52. The number of hydrogen-bond acceptors (Lipinski definition) is 8. The lowest BCUT2D eigenvalue weighted by molar-refractivity contribution is 0.00752. The molecule has 0 radical (unpaired) electrons. The van der Waals surface area contributed by atoms with Crippen molar-refractivity contribution in [1.82, 2.24) is 34.7 Å². The van der Waals surface area contributed by atoms with E-state index >= 15 is 0 Å². The largest absolute Gasteiger partial charge is 0.456 e. The molecule has 6 rings (SSSR count). The number of hydrogen-bond donors (Lipinski definition) is 1. The Morgan fingerprint density at radius 3 is 2.79 bits per heavy atom. The zero-order valence-electron chi connectivity index (χ0n) is 21.4. The van der Waals surface area contributed by atoms with Crippen molar-refractivity contribution in [2.75, 3.05) is 0 Å². The van der Waals surface area contributed by atoms with Crippen LogP contribution in [-0.4, -0.2) is 46.3 Å². The average Bonchev–Trinajstić information content (AvgIpc) is 3.68. The molecule has 0 fully saturated rings. The number of pyridine rings is 1. The summed E-state index contributed by atoms with van der Waals surface area (Å²) < 4.78 is 8.81. The highest BCUT2D eigenvalue weighted by molar-refractivity contribution is 7.12. The number of imidazole rings is 1. The fourth-order valence-corrected chi connectivity index (χ4v) is 5.74. The van der Waals surface area contributed by atoms with Crippen LogP contribution >= 0.6 is 22.9 Å². The maximum atomic E-state index is 13.4. The van der Waals surface area contributed by atoms with Crippen LogP contribution in [0.5, 0.6) is 0 Å². The van der Waals surface area contributed by atoms with Gasteiger partial charge >= 0.3 is 5.97 Å². The smallest absolute Gasteiger partial charge is 0.348 e. The Morgan fingerprint density at radius 2 is 2.03 bits per heavy atom. The van der Waals surface area contributed by atoms with Crippen molar-refractivity contribution in [3.63, 3.8) is 0 Å². The quantitative estimate of drug-likeness (QED) is 0.297. The first-order valence-corrected chi connectivity index (χ1v) is 13.6. The molecular formula is C27H24ClN7O3S. The third-order valence-corrected chi connectivity index (χ3v) is 7.57. The third kappa shape index (κ3) is 4.90. The lowest BCUT2D eigenvalue weighted by atomic mass is 10.0. The molecule has 1 N–H and O–H groups in total. The van der Waals surface area contributed by atoms with E-state index in [0.29, 0.717) is 22.1 Å². The van der Waals surface area contributed by atoms with Crippen molar-refractivity contribution >= 4 is 28.9 Å². The van der Waals surface area contributed by atoms with Crippen LogP contribution in [0.1, 0.15) is 54.4 Å². The van der Waals surface area contributed by atoms with Crippen LogP contribution in [0.3, 0.4) is 0 Å². The highest BCUT2D eigenvalue weighted by atomic mass is 35.5. The molecule has 0 saturated heterocycles. The molecule has 39 heavy (non-hydrogen) atoms. The van der Waals surface area contributed by atoms with Crippen LogP contribution < -0.4 is 5.56 Å². The van der Waals surface area contributed by atoms with Gasteiger partial charge in [-0.1, -0.05) is 11.6 Å². The Morgan fingerprint density at radius 1 is 1.18 bits per heavy atom. The Balaban J connectivity index is 1.30. The van der Waals surface area contributed by atoms with Gasteiger partial charge in [-0.2, -0.15) is 4.68 Å². The van der Waals surface area contributed by atoms with E-state index in [1.54, 1.807) is 33.6 Å². The SMILES string of the molecule is CC(C)(C)OC(=O)c1cc(-c2cnc([C@@H]3CCc4cc(-c5cc(Cl)ccc5-n5cnnn5)cc(=O)n43)[nH]2)cs1. The number of ether oxygens (including phenoxy) is 1. The van der Waals surface area contributed by atoms with Crippen LogP contribution in [0, 0.1) is 0 Å². The lowest BCUT2D eigenvalue weighted by Gasteiger charge is -2.18. The van der Waals surface area contributed by atoms with Crippen LogP contribution in [0.4, 0.5) is 0 Å². The van der Waals surface area contributed by atoms with Gasteiger partial charge in [-0.15, -0.1) is 16.4 Å². The Hall–Kier alpha value is -4.09. The van der Waals surface area contributed by atoms with Gasteiger partial charge in [0, 0.05) is 33.3 Å². The number of H-pyrrole nitrogens is 1. The van der Waals surface area contributed by atoms with Gasteiger partial charge in [0.15, 0.2) is 0 Å². The number of nitrogens with zero attached hydrogens (tertiary/aromatic N) is 6. The van der Waals surface area contributed by atoms with Crippen molar-refractivity contribution in [3.8, 4) is 28.1 Å². The van der Waals surface area contributed by atoms with Crippen molar-refractivity contribution < 1.29 is 9.53 Å².